The van der Waals surface area contributed by atoms with Gasteiger partial charge in [0, 0.05) is 38.2 Å². The third-order valence-corrected chi connectivity index (χ3v) is 4.50. The van der Waals surface area contributed by atoms with E-state index in [4.69, 9.17) is 25.1 Å². The summed E-state index contributed by atoms with van der Waals surface area (Å²) in [5, 5.41) is 7.12. The van der Waals surface area contributed by atoms with Crippen molar-refractivity contribution < 1.29 is 42.1 Å². The van der Waals surface area contributed by atoms with Crippen molar-refractivity contribution in [2.75, 3.05) is 38.3 Å². The maximum atomic E-state index is 12.2. The van der Waals surface area contributed by atoms with Crippen LogP contribution >= 0.6 is 0 Å². The largest absolute Gasteiger partial charge is 0.497 e. The second-order valence-corrected chi connectivity index (χ2v) is 6.60. The molecule has 1 atom stereocenters. The lowest BCUT2D eigenvalue weighted by atomic mass is 10.1. The zero-order valence-corrected chi connectivity index (χ0v) is 16.1. The summed E-state index contributed by atoms with van der Waals surface area (Å²) >= 11 is 0. The Hall–Kier alpha value is -3.02. The highest BCUT2D eigenvalue weighted by molar-refractivity contribution is 5.98. The van der Waals surface area contributed by atoms with Crippen LogP contribution in [0.1, 0.15) is 12.8 Å². The number of benzene rings is 1. The van der Waals surface area contributed by atoms with Gasteiger partial charge in [-0.2, -0.15) is 13.2 Å². The summed E-state index contributed by atoms with van der Waals surface area (Å²) in [5.74, 6) is -1.51. The van der Waals surface area contributed by atoms with Crippen molar-refractivity contribution in [3.05, 3.63) is 18.2 Å². The van der Waals surface area contributed by atoms with Crippen LogP contribution in [0.2, 0.25) is 0 Å². The molecule has 0 bridgehead atoms. The van der Waals surface area contributed by atoms with Crippen molar-refractivity contribution in [3.8, 4) is 11.5 Å². The molecule has 0 aliphatic carbocycles. The van der Waals surface area contributed by atoms with Gasteiger partial charge >= 0.3 is 12.1 Å². The highest BCUT2D eigenvalue weighted by atomic mass is 19.4. The van der Waals surface area contributed by atoms with Gasteiger partial charge in [0.2, 0.25) is 5.91 Å². The number of fused-ring (bicyclic) bond motifs is 1. The molecule has 166 valence electrons. The number of anilines is 1. The predicted molar refractivity (Wildman–Crippen MR) is 98.3 cm³/mol. The number of likely N-dealkylation sites (tertiary alicyclic amines) is 1. The number of carbonyl (C=O) groups excluding carboxylic acids is 2. The molecule has 3 N–H and O–H groups in total. The van der Waals surface area contributed by atoms with E-state index in [1.165, 1.54) is 0 Å². The van der Waals surface area contributed by atoms with Crippen molar-refractivity contribution >= 4 is 23.5 Å². The monoisotopic (exact) mass is 433 g/mol. The van der Waals surface area contributed by atoms with Crippen LogP contribution in [0.5, 0.6) is 11.5 Å². The lowest BCUT2D eigenvalue weighted by molar-refractivity contribution is -0.192. The number of ether oxygens (including phenoxy) is 2. The van der Waals surface area contributed by atoms with Crippen LogP contribution in [0.3, 0.4) is 0 Å². The standard InChI is InChI=1S/C16H21N3O4.C2HF3O2/c1-22-12-2-3-14-13(9-12)19(16(21)10-23-14)7-6-18-5-4-11(17)8-15(18)20;3-2(4,5)1(6)7/h2-3,9,11H,4-8,10,17H2,1H3;(H,6,7). The number of carboxylic acids is 1. The van der Waals surface area contributed by atoms with Gasteiger partial charge in [-0.25, -0.2) is 4.79 Å². The van der Waals surface area contributed by atoms with Crippen LogP contribution in [-0.2, 0) is 14.4 Å². The average molecular weight is 433 g/mol. The first-order chi connectivity index (χ1) is 14.0. The van der Waals surface area contributed by atoms with Crippen molar-refractivity contribution in [3.63, 3.8) is 0 Å². The fraction of sp³-hybridized carbons (Fsp3) is 0.500. The number of carboxylic acid groups (broad SMARTS) is 1. The number of halogens is 3. The van der Waals surface area contributed by atoms with Crippen LogP contribution in [0.4, 0.5) is 18.9 Å². The van der Waals surface area contributed by atoms with Gasteiger partial charge in [0.1, 0.15) is 11.5 Å². The number of methoxy groups -OCH3 is 1. The second-order valence-electron chi connectivity index (χ2n) is 6.60. The number of carbonyl (C=O) groups is 3. The van der Waals surface area contributed by atoms with E-state index in [0.717, 1.165) is 6.42 Å². The summed E-state index contributed by atoms with van der Waals surface area (Å²) in [4.78, 5) is 36.5. The normalized spacial score (nSPS) is 18.8. The SMILES string of the molecule is COc1ccc2c(c1)N(CCN1CCC(N)CC1=O)C(=O)CO2.O=C(O)C(F)(F)F. The molecular weight excluding hydrogens is 411 g/mol. The molecule has 1 aromatic carbocycles. The van der Waals surface area contributed by atoms with E-state index < -0.39 is 12.1 Å². The molecule has 1 saturated heterocycles. The summed E-state index contributed by atoms with van der Waals surface area (Å²) in [6.07, 6.45) is -3.91. The zero-order chi connectivity index (χ0) is 22.5. The van der Waals surface area contributed by atoms with E-state index in [-0.39, 0.29) is 24.5 Å². The van der Waals surface area contributed by atoms with E-state index in [2.05, 4.69) is 0 Å². The molecule has 0 aromatic heterocycles. The first-order valence-electron chi connectivity index (χ1n) is 8.97. The van der Waals surface area contributed by atoms with Gasteiger partial charge in [-0.15, -0.1) is 0 Å². The van der Waals surface area contributed by atoms with Crippen LogP contribution < -0.4 is 20.1 Å². The van der Waals surface area contributed by atoms with Gasteiger partial charge in [0.15, 0.2) is 6.61 Å². The minimum Gasteiger partial charge on any atom is -0.497 e. The third kappa shape index (κ3) is 5.99. The van der Waals surface area contributed by atoms with E-state index in [9.17, 15) is 22.8 Å². The molecule has 1 fully saturated rings. The average Bonchev–Trinajstić information content (AvgIpc) is 2.67. The number of alkyl halides is 3. The molecular formula is C18H22F3N3O6. The number of nitrogens with zero attached hydrogens (tertiary/aromatic N) is 2. The molecule has 0 radical (unpaired) electrons. The molecule has 3 rings (SSSR count). The summed E-state index contributed by atoms with van der Waals surface area (Å²) in [6, 6.07) is 5.32. The number of hydrogen-bond donors (Lipinski definition) is 2. The van der Waals surface area contributed by atoms with Gasteiger partial charge in [-0.05, 0) is 18.6 Å². The van der Waals surface area contributed by atoms with E-state index in [1.54, 1.807) is 35.1 Å². The molecule has 0 spiro atoms. The van der Waals surface area contributed by atoms with Crippen LogP contribution in [-0.4, -0.2) is 73.4 Å². The molecule has 2 aliphatic heterocycles. The lowest BCUT2D eigenvalue weighted by Gasteiger charge is -2.34. The Morgan fingerprint density at radius 1 is 1.30 bits per heavy atom. The molecule has 12 heteroatoms. The molecule has 2 heterocycles. The Kier molecular flexibility index (Phi) is 7.48. The Morgan fingerprint density at radius 2 is 1.97 bits per heavy atom. The molecule has 1 unspecified atom stereocenters. The van der Waals surface area contributed by atoms with Crippen molar-refractivity contribution in [2.45, 2.75) is 25.1 Å². The van der Waals surface area contributed by atoms with Gasteiger partial charge in [0.25, 0.3) is 5.91 Å². The van der Waals surface area contributed by atoms with E-state index in [0.29, 0.717) is 43.2 Å². The predicted octanol–water partition coefficient (Wildman–Crippen LogP) is 1.00. The smallest absolute Gasteiger partial charge is 0.490 e. The number of aliphatic carboxylic acids is 1. The fourth-order valence-corrected chi connectivity index (χ4v) is 2.91. The quantitative estimate of drug-likeness (QED) is 0.726. The summed E-state index contributed by atoms with van der Waals surface area (Å²) in [7, 11) is 1.58. The number of rotatable bonds is 4. The zero-order valence-electron chi connectivity index (χ0n) is 16.1. The minimum atomic E-state index is -5.08. The number of amides is 2. The van der Waals surface area contributed by atoms with E-state index >= 15 is 0 Å². The van der Waals surface area contributed by atoms with Gasteiger partial charge < -0.3 is 30.1 Å². The lowest BCUT2D eigenvalue weighted by Crippen LogP contribution is -2.48. The van der Waals surface area contributed by atoms with Crippen molar-refractivity contribution in [1.82, 2.24) is 4.90 Å². The summed E-state index contributed by atoms with van der Waals surface area (Å²) < 4.78 is 42.4. The van der Waals surface area contributed by atoms with Crippen LogP contribution in [0.15, 0.2) is 18.2 Å². The van der Waals surface area contributed by atoms with Gasteiger partial charge in [-0.1, -0.05) is 0 Å². The van der Waals surface area contributed by atoms with Crippen LogP contribution in [0.25, 0.3) is 0 Å². The molecule has 30 heavy (non-hydrogen) atoms. The number of piperidine rings is 1. The first kappa shape index (κ1) is 23.3. The first-order valence-corrected chi connectivity index (χ1v) is 8.97. The molecule has 0 saturated carbocycles. The Morgan fingerprint density at radius 3 is 2.53 bits per heavy atom. The van der Waals surface area contributed by atoms with Crippen LogP contribution in [0, 0.1) is 0 Å². The Labute approximate surface area is 170 Å². The summed E-state index contributed by atoms with van der Waals surface area (Å²) in [6.45, 7) is 1.58. The van der Waals surface area contributed by atoms with Gasteiger partial charge in [0.05, 0.1) is 12.8 Å². The minimum absolute atomic E-state index is 0.0121. The molecule has 2 amide bonds. The molecule has 9 nitrogen and oxygen atoms in total. The van der Waals surface area contributed by atoms with Crippen molar-refractivity contribution in [1.29, 1.82) is 0 Å². The topological polar surface area (TPSA) is 122 Å². The maximum absolute atomic E-state index is 12.2. The molecule has 2 aliphatic rings. The number of nitrogens with two attached hydrogens (primary N) is 1. The second kappa shape index (κ2) is 9.65. The maximum Gasteiger partial charge on any atom is 0.490 e. The number of hydrogen-bond acceptors (Lipinski definition) is 6. The third-order valence-electron chi connectivity index (χ3n) is 4.50. The van der Waals surface area contributed by atoms with E-state index in [1.807, 2.05) is 0 Å². The van der Waals surface area contributed by atoms with Crippen molar-refractivity contribution in [2.24, 2.45) is 5.73 Å². The fourth-order valence-electron chi connectivity index (χ4n) is 2.91. The highest BCUT2D eigenvalue weighted by Crippen LogP contribution is 2.35. The van der Waals surface area contributed by atoms with Gasteiger partial charge in [-0.3, -0.25) is 9.59 Å². The Bertz CT molecular complexity index is 802. The Balaban J connectivity index is 0.000000396. The highest BCUT2D eigenvalue weighted by Gasteiger charge is 2.38. The summed E-state index contributed by atoms with van der Waals surface area (Å²) in [5.41, 5.74) is 6.48. The molecule has 1 aromatic rings.